The average Bonchev–Trinajstić information content (AvgIpc) is 2.28. The molecule has 13 heavy (non-hydrogen) atoms. The Bertz CT molecular complexity index is 251. The van der Waals surface area contributed by atoms with Crippen molar-refractivity contribution >= 4 is 0 Å². The third-order valence-electron chi connectivity index (χ3n) is 2.56. The quantitative estimate of drug-likeness (QED) is 0.521. The molecule has 0 saturated heterocycles. The van der Waals surface area contributed by atoms with Crippen LogP contribution in [0.25, 0.3) is 0 Å². The van der Waals surface area contributed by atoms with Crippen LogP contribution in [0.4, 0.5) is 0 Å². The minimum atomic E-state index is 0.257. The van der Waals surface area contributed by atoms with Crippen LogP contribution in [-0.2, 0) is 0 Å². The zero-order valence-corrected chi connectivity index (χ0v) is 9.78. The van der Waals surface area contributed by atoms with Crippen molar-refractivity contribution in [1.29, 1.82) is 0 Å². The molecule has 1 rings (SSSR count). The first-order valence-electron chi connectivity index (χ1n) is 5.03. The van der Waals surface area contributed by atoms with E-state index in [4.69, 9.17) is 0 Å². The molecule has 1 aliphatic carbocycles. The van der Waals surface area contributed by atoms with Gasteiger partial charge in [-0.3, -0.25) is 0 Å². The van der Waals surface area contributed by atoms with Crippen LogP contribution in [0.15, 0.2) is 17.2 Å². The molecule has 0 unspecified atom stereocenters. The van der Waals surface area contributed by atoms with E-state index in [1.807, 2.05) is 0 Å². The summed E-state index contributed by atoms with van der Waals surface area (Å²) in [7, 11) is 0. The fraction of sp³-hybridized carbons (Fsp3) is 0.692. The first kappa shape index (κ1) is 10.6. The van der Waals surface area contributed by atoms with E-state index in [9.17, 15) is 0 Å². The Labute approximate surface area is 82.7 Å². The molecule has 0 nitrogen and oxygen atoms in total. The van der Waals surface area contributed by atoms with E-state index < -0.39 is 0 Å². The summed E-state index contributed by atoms with van der Waals surface area (Å²) >= 11 is 0. The second-order valence-electron chi connectivity index (χ2n) is 5.94. The monoisotopic (exact) mass is 177 g/mol. The number of hydrogen-bond donors (Lipinski definition) is 0. The van der Waals surface area contributed by atoms with Crippen LogP contribution in [0, 0.1) is 16.9 Å². The predicted octanol–water partition coefficient (Wildman–Crippen LogP) is 4.14. The summed E-state index contributed by atoms with van der Waals surface area (Å²) in [6.07, 6.45) is 6.83. The van der Waals surface area contributed by atoms with Gasteiger partial charge in [0.05, 0.1) is 0 Å². The van der Waals surface area contributed by atoms with Gasteiger partial charge >= 0.3 is 0 Å². The summed E-state index contributed by atoms with van der Waals surface area (Å²) in [5, 5.41) is 0. The standard InChI is InChI=1S/C13H21/c1-12(2,3)10-7-8-11(9-10)13(4,5)6/h9H,7H2,1-6H3. The van der Waals surface area contributed by atoms with Crippen LogP contribution in [-0.4, -0.2) is 0 Å². The summed E-state index contributed by atoms with van der Waals surface area (Å²) in [4.78, 5) is 0. The molecule has 1 aliphatic rings. The third-order valence-corrected chi connectivity index (χ3v) is 2.56. The SMILES string of the molecule is CC(C)(C)C1=[C]CC(C(C)(C)C)=C1. The molecular weight excluding hydrogens is 156 g/mol. The fourth-order valence-corrected chi connectivity index (χ4v) is 1.43. The molecule has 0 aliphatic heterocycles. The first-order chi connectivity index (χ1) is 5.71. The van der Waals surface area contributed by atoms with Crippen molar-refractivity contribution in [2.75, 3.05) is 0 Å². The lowest BCUT2D eigenvalue weighted by molar-refractivity contribution is 0.493. The molecule has 1 radical (unpaired) electrons. The second kappa shape index (κ2) is 3.01. The van der Waals surface area contributed by atoms with Crippen molar-refractivity contribution in [3.8, 4) is 0 Å². The summed E-state index contributed by atoms with van der Waals surface area (Å²) in [6, 6.07) is 0. The molecule has 0 aromatic heterocycles. The van der Waals surface area contributed by atoms with Crippen molar-refractivity contribution in [1.82, 2.24) is 0 Å². The van der Waals surface area contributed by atoms with Crippen LogP contribution in [0.5, 0.6) is 0 Å². The topological polar surface area (TPSA) is 0 Å². The van der Waals surface area contributed by atoms with E-state index in [1.165, 1.54) is 11.1 Å². The van der Waals surface area contributed by atoms with E-state index in [0.29, 0.717) is 5.41 Å². The van der Waals surface area contributed by atoms with Gasteiger partial charge in [-0.05, 0) is 28.9 Å². The molecular formula is C13H21. The Balaban J connectivity index is 2.84. The van der Waals surface area contributed by atoms with Crippen LogP contribution in [0.1, 0.15) is 48.0 Å². The summed E-state index contributed by atoms with van der Waals surface area (Å²) < 4.78 is 0. The van der Waals surface area contributed by atoms with E-state index in [1.54, 1.807) is 0 Å². The minimum absolute atomic E-state index is 0.257. The zero-order valence-electron chi connectivity index (χ0n) is 9.78. The van der Waals surface area contributed by atoms with Gasteiger partial charge in [0.1, 0.15) is 0 Å². The van der Waals surface area contributed by atoms with Crippen molar-refractivity contribution in [3.63, 3.8) is 0 Å². The summed E-state index contributed by atoms with van der Waals surface area (Å²) in [5.41, 5.74) is 3.45. The van der Waals surface area contributed by atoms with Crippen molar-refractivity contribution in [2.24, 2.45) is 10.8 Å². The number of rotatable bonds is 0. The molecule has 0 N–H and O–H groups in total. The van der Waals surface area contributed by atoms with E-state index in [-0.39, 0.29) is 5.41 Å². The maximum absolute atomic E-state index is 3.48. The smallest absolute Gasteiger partial charge is 0.00527 e. The second-order valence-corrected chi connectivity index (χ2v) is 5.94. The molecule has 73 valence electrons. The number of allylic oxidation sites excluding steroid dienone is 4. The zero-order chi connectivity index (χ0) is 10.3. The Morgan fingerprint density at radius 1 is 1.00 bits per heavy atom. The van der Waals surface area contributed by atoms with Crippen LogP contribution < -0.4 is 0 Å². The van der Waals surface area contributed by atoms with E-state index in [2.05, 4.69) is 53.7 Å². The van der Waals surface area contributed by atoms with Gasteiger partial charge in [-0.2, -0.15) is 0 Å². The molecule has 0 fully saturated rings. The van der Waals surface area contributed by atoms with Crippen LogP contribution in [0.2, 0.25) is 0 Å². The normalized spacial score (nSPS) is 18.6. The lowest BCUT2D eigenvalue weighted by atomic mass is 9.84. The lowest BCUT2D eigenvalue weighted by Gasteiger charge is -2.21. The fourth-order valence-electron chi connectivity index (χ4n) is 1.43. The highest BCUT2D eigenvalue weighted by atomic mass is 14.3. The van der Waals surface area contributed by atoms with Gasteiger partial charge in [-0.15, -0.1) is 0 Å². The lowest BCUT2D eigenvalue weighted by Crippen LogP contribution is -2.09. The number of hydrogen-bond acceptors (Lipinski definition) is 0. The maximum Gasteiger partial charge on any atom is -0.00527 e. The Morgan fingerprint density at radius 3 is 1.77 bits per heavy atom. The predicted molar refractivity (Wildman–Crippen MR) is 58.4 cm³/mol. The highest BCUT2D eigenvalue weighted by Gasteiger charge is 2.24. The maximum atomic E-state index is 3.48. The van der Waals surface area contributed by atoms with Gasteiger partial charge in [0.25, 0.3) is 0 Å². The van der Waals surface area contributed by atoms with Crippen LogP contribution in [0.3, 0.4) is 0 Å². The molecule has 0 saturated carbocycles. The Morgan fingerprint density at radius 2 is 1.54 bits per heavy atom. The molecule has 0 atom stereocenters. The largest absolute Gasteiger partial charge is 0.0601 e. The average molecular weight is 177 g/mol. The molecule has 0 aromatic rings. The van der Waals surface area contributed by atoms with Crippen molar-refractivity contribution < 1.29 is 0 Å². The van der Waals surface area contributed by atoms with Gasteiger partial charge in [-0.1, -0.05) is 53.2 Å². The Kier molecular flexibility index (Phi) is 2.44. The first-order valence-corrected chi connectivity index (χ1v) is 5.03. The van der Waals surface area contributed by atoms with Gasteiger partial charge in [0.2, 0.25) is 0 Å². The van der Waals surface area contributed by atoms with Gasteiger partial charge in [-0.25, -0.2) is 0 Å². The molecule has 0 heterocycles. The van der Waals surface area contributed by atoms with Crippen molar-refractivity contribution in [2.45, 2.75) is 48.0 Å². The third kappa shape index (κ3) is 2.46. The van der Waals surface area contributed by atoms with Gasteiger partial charge in [0.15, 0.2) is 0 Å². The van der Waals surface area contributed by atoms with Gasteiger partial charge < -0.3 is 0 Å². The van der Waals surface area contributed by atoms with Gasteiger partial charge in [0, 0.05) is 0 Å². The molecule has 0 heteroatoms. The van der Waals surface area contributed by atoms with Crippen molar-refractivity contribution in [3.05, 3.63) is 23.3 Å². The molecule has 0 aromatic carbocycles. The summed E-state index contributed by atoms with van der Waals surface area (Å²) in [6.45, 7) is 13.6. The van der Waals surface area contributed by atoms with E-state index in [0.717, 1.165) is 6.42 Å². The van der Waals surface area contributed by atoms with Crippen LogP contribution >= 0.6 is 0 Å². The minimum Gasteiger partial charge on any atom is -0.0601 e. The molecule has 0 spiro atoms. The molecule has 0 bridgehead atoms. The summed E-state index contributed by atoms with van der Waals surface area (Å²) in [5.74, 6) is 0. The Hall–Kier alpha value is -0.520. The van der Waals surface area contributed by atoms with E-state index >= 15 is 0 Å². The molecule has 0 amide bonds. The highest BCUT2D eigenvalue weighted by molar-refractivity contribution is 5.35. The highest BCUT2D eigenvalue weighted by Crippen LogP contribution is 2.38.